The van der Waals surface area contributed by atoms with Gasteiger partial charge in [0.1, 0.15) is 11.6 Å². The molecule has 3 heterocycles. The third kappa shape index (κ3) is 4.66. The van der Waals surface area contributed by atoms with Gasteiger partial charge in [0.25, 0.3) is 5.91 Å². The van der Waals surface area contributed by atoms with Crippen molar-refractivity contribution in [2.75, 3.05) is 29.9 Å². The summed E-state index contributed by atoms with van der Waals surface area (Å²) in [5.74, 6) is 0.363. The number of phenolic OH excluding ortho intramolecular Hbond substituents is 1. The number of carbonyl (C=O) groups is 2. The van der Waals surface area contributed by atoms with E-state index in [1.807, 2.05) is 24.0 Å². The predicted octanol–water partition coefficient (Wildman–Crippen LogP) is 2.89. The van der Waals surface area contributed by atoms with E-state index in [1.54, 1.807) is 10.7 Å². The van der Waals surface area contributed by atoms with Crippen LogP contribution in [0.4, 0.5) is 16.4 Å². The molecule has 10 nitrogen and oxygen atoms in total. The number of urea groups is 1. The fraction of sp³-hybridized carbons (Fsp3) is 0.300. The second-order valence-corrected chi connectivity index (χ2v) is 8.14. The van der Waals surface area contributed by atoms with E-state index in [2.05, 4.69) is 26.0 Å². The second-order valence-electron chi connectivity index (χ2n) is 7.29. The maximum atomic E-state index is 12.6. The fourth-order valence-electron chi connectivity index (χ4n) is 3.51. The number of hydrogen-bond donors (Lipinski definition) is 4. The molecule has 1 aliphatic rings. The van der Waals surface area contributed by atoms with Gasteiger partial charge in [0.05, 0.1) is 16.8 Å². The maximum absolute atomic E-state index is 12.6. The van der Waals surface area contributed by atoms with Crippen molar-refractivity contribution in [1.82, 2.24) is 25.2 Å². The van der Waals surface area contributed by atoms with Crippen molar-refractivity contribution >= 4 is 52.4 Å². The van der Waals surface area contributed by atoms with Gasteiger partial charge in [-0.15, -0.1) is 5.10 Å². The molecule has 4 N–H and O–H groups in total. The van der Waals surface area contributed by atoms with E-state index in [0.717, 1.165) is 0 Å². The van der Waals surface area contributed by atoms with Crippen LogP contribution < -0.4 is 20.9 Å². The molecule has 3 aromatic rings. The number of rotatable bonds is 5. The van der Waals surface area contributed by atoms with Crippen LogP contribution in [0.15, 0.2) is 30.5 Å². The summed E-state index contributed by atoms with van der Waals surface area (Å²) in [6, 6.07) is 5.93. The molecular weight excluding hydrogens is 457 g/mol. The predicted molar refractivity (Wildman–Crippen MR) is 122 cm³/mol. The van der Waals surface area contributed by atoms with E-state index in [0.29, 0.717) is 43.3 Å². The average Bonchev–Trinajstić information content (AvgIpc) is 3.36. The van der Waals surface area contributed by atoms with Crippen molar-refractivity contribution < 1.29 is 14.7 Å². The molecule has 168 valence electrons. The van der Waals surface area contributed by atoms with Crippen molar-refractivity contribution in [3.8, 4) is 5.75 Å². The molecule has 1 fully saturated rings. The van der Waals surface area contributed by atoms with Gasteiger partial charge in [-0.1, -0.05) is 23.2 Å². The number of aromatic nitrogens is 3. The Morgan fingerprint density at radius 1 is 1.28 bits per heavy atom. The Bertz CT molecular complexity index is 1180. The van der Waals surface area contributed by atoms with E-state index >= 15 is 0 Å². The normalized spacial score (nSPS) is 15.7. The lowest BCUT2D eigenvalue weighted by atomic mass is 10.1. The number of fused-ring (bicyclic) bond motifs is 1. The number of hydrogen-bond acceptors (Lipinski definition) is 6. The molecule has 4 rings (SSSR count). The number of amides is 3. The van der Waals surface area contributed by atoms with E-state index in [4.69, 9.17) is 23.2 Å². The lowest BCUT2D eigenvalue weighted by Crippen LogP contribution is -2.37. The number of nitrogens with zero attached hydrogens (tertiary/aromatic N) is 4. The number of carbonyl (C=O) groups excluding carboxylic acids is 2. The van der Waals surface area contributed by atoms with Crippen molar-refractivity contribution in [1.29, 1.82) is 0 Å². The van der Waals surface area contributed by atoms with Crippen LogP contribution in [0.2, 0.25) is 10.0 Å². The summed E-state index contributed by atoms with van der Waals surface area (Å²) in [4.78, 5) is 30.6. The molecule has 32 heavy (non-hydrogen) atoms. The van der Waals surface area contributed by atoms with Gasteiger partial charge in [-0.05, 0) is 37.6 Å². The lowest BCUT2D eigenvalue weighted by Gasteiger charge is -2.18. The van der Waals surface area contributed by atoms with E-state index in [-0.39, 0.29) is 33.4 Å². The first-order valence-corrected chi connectivity index (χ1v) is 10.7. The number of phenols is 1. The zero-order valence-electron chi connectivity index (χ0n) is 17.1. The highest BCUT2D eigenvalue weighted by Gasteiger charge is 2.27. The summed E-state index contributed by atoms with van der Waals surface area (Å²) in [5.41, 5.74) is 0.629. The maximum Gasteiger partial charge on any atom is 0.320 e. The number of nitrogens with one attached hydrogen (secondary N) is 3. The van der Waals surface area contributed by atoms with Crippen LogP contribution in [0.1, 0.15) is 23.7 Å². The summed E-state index contributed by atoms with van der Waals surface area (Å²) in [5, 5.41) is 23.1. The molecular formula is C20H21Cl2N7O3. The highest BCUT2D eigenvalue weighted by atomic mass is 35.5. The zero-order chi connectivity index (χ0) is 22.8. The first-order valence-electron chi connectivity index (χ1n) is 9.99. The zero-order valence-corrected chi connectivity index (χ0v) is 18.6. The number of benzene rings is 1. The summed E-state index contributed by atoms with van der Waals surface area (Å²) in [6.45, 7) is 3.57. The van der Waals surface area contributed by atoms with Crippen LogP contribution >= 0.6 is 23.2 Å². The molecule has 0 unspecified atom stereocenters. The third-order valence-corrected chi connectivity index (χ3v) is 5.51. The minimum Gasteiger partial charge on any atom is -0.506 e. The molecule has 3 amide bonds. The van der Waals surface area contributed by atoms with E-state index in [1.165, 1.54) is 12.1 Å². The van der Waals surface area contributed by atoms with Crippen molar-refractivity contribution in [3.05, 3.63) is 46.1 Å². The van der Waals surface area contributed by atoms with Crippen LogP contribution in [0.3, 0.4) is 0 Å². The summed E-state index contributed by atoms with van der Waals surface area (Å²) >= 11 is 11.9. The van der Waals surface area contributed by atoms with Crippen LogP contribution in [0.25, 0.3) is 5.65 Å². The topological polar surface area (TPSA) is 124 Å². The number of aromatic hydroxyl groups is 1. The monoisotopic (exact) mass is 477 g/mol. The molecule has 0 spiro atoms. The molecule has 0 saturated carbocycles. The van der Waals surface area contributed by atoms with Gasteiger partial charge in [-0.25, -0.2) is 14.3 Å². The van der Waals surface area contributed by atoms with Gasteiger partial charge >= 0.3 is 6.03 Å². The molecule has 1 atom stereocenters. The van der Waals surface area contributed by atoms with Gasteiger partial charge in [-0.2, -0.15) is 0 Å². The van der Waals surface area contributed by atoms with Crippen LogP contribution in [-0.2, 0) is 0 Å². The Morgan fingerprint density at radius 3 is 2.88 bits per heavy atom. The smallest absolute Gasteiger partial charge is 0.320 e. The highest BCUT2D eigenvalue weighted by Crippen LogP contribution is 2.31. The first-order chi connectivity index (χ1) is 15.3. The standard InChI is InChI=1S/C20H21Cl2N7O3/c1-2-23-20(32)26-15-10-29-16(25-15)3-4-17(27-29)28-6-5-12(9-28)24-19(31)13-7-11(21)8-14(22)18(13)30/h3-4,7-8,10,12,30H,2,5-6,9H2,1H3,(H,24,31)(H2,23,26,32)/t12-/m0/s1. The van der Waals surface area contributed by atoms with Gasteiger partial charge in [0, 0.05) is 30.7 Å². The van der Waals surface area contributed by atoms with E-state index < -0.39 is 5.91 Å². The average molecular weight is 478 g/mol. The highest BCUT2D eigenvalue weighted by molar-refractivity contribution is 6.36. The van der Waals surface area contributed by atoms with Gasteiger partial charge < -0.3 is 20.6 Å². The van der Waals surface area contributed by atoms with Crippen molar-refractivity contribution in [3.63, 3.8) is 0 Å². The van der Waals surface area contributed by atoms with Crippen LogP contribution in [0, 0.1) is 0 Å². The molecule has 12 heteroatoms. The quantitative estimate of drug-likeness (QED) is 0.447. The molecule has 2 aromatic heterocycles. The Labute approximate surface area is 193 Å². The minimum atomic E-state index is -0.446. The molecule has 0 aliphatic carbocycles. The van der Waals surface area contributed by atoms with E-state index in [9.17, 15) is 14.7 Å². The van der Waals surface area contributed by atoms with Crippen LogP contribution in [-0.4, -0.2) is 57.3 Å². The molecule has 0 radical (unpaired) electrons. The minimum absolute atomic E-state index is 0.0227. The third-order valence-electron chi connectivity index (χ3n) is 5.01. The van der Waals surface area contributed by atoms with Crippen molar-refractivity contribution in [2.45, 2.75) is 19.4 Å². The van der Waals surface area contributed by atoms with Crippen LogP contribution in [0.5, 0.6) is 5.75 Å². The van der Waals surface area contributed by atoms with Gasteiger partial charge in [0.2, 0.25) is 0 Å². The molecule has 0 bridgehead atoms. The molecule has 1 aromatic carbocycles. The summed E-state index contributed by atoms with van der Waals surface area (Å²) in [7, 11) is 0. The Kier molecular flexibility index (Phi) is 6.24. The largest absolute Gasteiger partial charge is 0.506 e. The lowest BCUT2D eigenvalue weighted by molar-refractivity contribution is 0.0937. The van der Waals surface area contributed by atoms with Crippen molar-refractivity contribution in [2.24, 2.45) is 0 Å². The SMILES string of the molecule is CCNC(=O)Nc1cn2nc(N3CC[C@H](NC(=O)c4cc(Cl)cc(Cl)c4O)C3)ccc2n1. The van der Waals surface area contributed by atoms with Gasteiger partial charge in [0.15, 0.2) is 11.5 Å². The number of anilines is 2. The second kappa shape index (κ2) is 9.09. The Morgan fingerprint density at radius 2 is 2.09 bits per heavy atom. The molecule has 1 saturated heterocycles. The summed E-state index contributed by atoms with van der Waals surface area (Å²) in [6.07, 6.45) is 2.34. The first kappa shape index (κ1) is 22.0. The fourth-order valence-corrected chi connectivity index (χ4v) is 4.00. The Balaban J connectivity index is 1.43. The molecule has 1 aliphatic heterocycles. The van der Waals surface area contributed by atoms with Gasteiger partial charge in [-0.3, -0.25) is 10.1 Å². The summed E-state index contributed by atoms with van der Waals surface area (Å²) < 4.78 is 1.59. The Hall–Kier alpha value is -3.24. The number of imidazole rings is 1. The number of halogens is 2.